The van der Waals surface area contributed by atoms with Crippen molar-refractivity contribution in [1.29, 1.82) is 0 Å². The topological polar surface area (TPSA) is 298 Å². The highest BCUT2D eigenvalue weighted by molar-refractivity contribution is 5.75. The fraction of sp³-hybridized carbons (Fsp3) is 0.714. The molecule has 0 aliphatic heterocycles. The second-order valence-corrected chi connectivity index (χ2v) is 9.39. The van der Waals surface area contributed by atoms with E-state index in [1.807, 2.05) is 0 Å². The molecule has 0 amide bonds. The van der Waals surface area contributed by atoms with Gasteiger partial charge in [0, 0.05) is 38.5 Å². The molecule has 0 aromatic heterocycles. The SMILES string of the molecule is O=C(O)CCC(=O)O.O=C(O)CCCCC(=O)O.O=C(O)CCCCCCC(=O)O.O=C(O)CCCCCCCCC(=O)O. The van der Waals surface area contributed by atoms with Gasteiger partial charge in [0.15, 0.2) is 0 Å². The fourth-order valence-corrected chi connectivity index (χ4v) is 2.93. The average Bonchev–Trinajstić information content (AvgIpc) is 2.89. The molecule has 0 fully saturated rings. The maximum Gasteiger partial charge on any atom is 0.303 e. The van der Waals surface area contributed by atoms with Crippen molar-refractivity contribution in [3.8, 4) is 0 Å². The molecule has 0 heterocycles. The lowest BCUT2D eigenvalue weighted by Gasteiger charge is -1.98. The Hall–Kier alpha value is -4.24. The van der Waals surface area contributed by atoms with E-state index < -0.39 is 47.8 Å². The molecule has 44 heavy (non-hydrogen) atoms. The Balaban J connectivity index is -0.000000247. The van der Waals surface area contributed by atoms with Gasteiger partial charge in [0.05, 0.1) is 12.8 Å². The first-order chi connectivity index (χ1) is 20.5. The van der Waals surface area contributed by atoms with Crippen LogP contribution in [0.2, 0.25) is 0 Å². The number of hydrogen-bond acceptors (Lipinski definition) is 8. The molecule has 0 radical (unpaired) electrons. The molecular formula is C28H48O16. The maximum atomic E-state index is 10.1. The van der Waals surface area contributed by atoms with Crippen LogP contribution in [-0.4, -0.2) is 88.6 Å². The predicted octanol–water partition coefficient (Wildman–Crippen LogP) is 4.42. The molecule has 256 valence electrons. The van der Waals surface area contributed by atoms with E-state index in [1.165, 1.54) is 0 Å². The average molecular weight is 641 g/mol. The molecule has 16 nitrogen and oxygen atoms in total. The first-order valence-corrected chi connectivity index (χ1v) is 14.3. The minimum atomic E-state index is -1.08. The number of aliphatic carboxylic acids is 8. The van der Waals surface area contributed by atoms with Crippen molar-refractivity contribution in [3.63, 3.8) is 0 Å². The first-order valence-electron chi connectivity index (χ1n) is 14.3. The zero-order valence-electron chi connectivity index (χ0n) is 25.0. The van der Waals surface area contributed by atoms with Gasteiger partial charge >= 0.3 is 47.8 Å². The van der Waals surface area contributed by atoms with Crippen LogP contribution in [0.1, 0.15) is 128 Å². The quantitative estimate of drug-likeness (QED) is 0.0676. The van der Waals surface area contributed by atoms with Crippen molar-refractivity contribution in [3.05, 3.63) is 0 Å². The Bertz CT molecular complexity index is 770. The van der Waals surface area contributed by atoms with Gasteiger partial charge < -0.3 is 40.9 Å². The Morgan fingerprint density at radius 3 is 0.455 bits per heavy atom. The van der Waals surface area contributed by atoms with Crippen molar-refractivity contribution in [1.82, 2.24) is 0 Å². The molecule has 0 bridgehead atoms. The largest absolute Gasteiger partial charge is 0.481 e. The number of carboxylic acids is 8. The van der Waals surface area contributed by atoms with Crippen LogP contribution in [0.25, 0.3) is 0 Å². The van der Waals surface area contributed by atoms with Gasteiger partial charge in [-0.05, 0) is 38.5 Å². The monoisotopic (exact) mass is 640 g/mol. The molecule has 16 heteroatoms. The van der Waals surface area contributed by atoms with Crippen molar-refractivity contribution in [2.45, 2.75) is 128 Å². The molecule has 0 rings (SSSR count). The third-order valence-electron chi connectivity index (χ3n) is 5.15. The van der Waals surface area contributed by atoms with Gasteiger partial charge in [0.1, 0.15) is 0 Å². The van der Waals surface area contributed by atoms with E-state index in [4.69, 9.17) is 40.9 Å². The second kappa shape index (κ2) is 35.0. The van der Waals surface area contributed by atoms with E-state index in [1.54, 1.807) is 0 Å². The zero-order valence-corrected chi connectivity index (χ0v) is 25.0. The van der Waals surface area contributed by atoms with Crippen LogP contribution in [0.5, 0.6) is 0 Å². The Labute approximate surface area is 255 Å². The van der Waals surface area contributed by atoms with Crippen LogP contribution in [-0.2, 0) is 38.4 Å². The third-order valence-corrected chi connectivity index (χ3v) is 5.15. The van der Waals surface area contributed by atoms with Gasteiger partial charge in [0.2, 0.25) is 0 Å². The summed E-state index contributed by atoms with van der Waals surface area (Å²) < 4.78 is 0. The summed E-state index contributed by atoms with van der Waals surface area (Å²) in [6.45, 7) is 0. The van der Waals surface area contributed by atoms with E-state index in [0.717, 1.165) is 51.4 Å². The van der Waals surface area contributed by atoms with Crippen molar-refractivity contribution in [2.75, 3.05) is 0 Å². The van der Waals surface area contributed by atoms with Crippen LogP contribution >= 0.6 is 0 Å². The lowest BCUT2D eigenvalue weighted by Crippen LogP contribution is -2.00. The van der Waals surface area contributed by atoms with Gasteiger partial charge in [-0.25, -0.2) is 0 Å². The van der Waals surface area contributed by atoms with Gasteiger partial charge in [-0.3, -0.25) is 38.4 Å². The highest BCUT2D eigenvalue weighted by Gasteiger charge is 2.01. The van der Waals surface area contributed by atoms with Crippen LogP contribution in [0, 0.1) is 0 Å². The molecule has 0 atom stereocenters. The number of carboxylic acid groups (broad SMARTS) is 8. The molecule has 0 aliphatic carbocycles. The summed E-state index contributed by atoms with van der Waals surface area (Å²) in [5.74, 6) is -6.94. The summed E-state index contributed by atoms with van der Waals surface area (Å²) in [5.41, 5.74) is 0. The molecule has 8 N–H and O–H groups in total. The Morgan fingerprint density at radius 2 is 0.318 bits per heavy atom. The Kier molecular flexibility index (Phi) is 37.1. The van der Waals surface area contributed by atoms with E-state index >= 15 is 0 Å². The smallest absolute Gasteiger partial charge is 0.303 e. The predicted molar refractivity (Wildman–Crippen MR) is 153 cm³/mol. The van der Waals surface area contributed by atoms with E-state index in [-0.39, 0.29) is 51.4 Å². The van der Waals surface area contributed by atoms with Crippen LogP contribution in [0.15, 0.2) is 0 Å². The standard InChI is InChI=1S/C10H18O4.C8H14O4.C6H10O4.C4H6O4/c11-9(12)7-5-3-1-2-4-6-8-10(13)14;9-7(10)5-3-1-2-4-6-8(11)12;7-5(8)3-1-2-4-6(9)10;5-3(6)1-2-4(7)8/h1-8H2,(H,11,12)(H,13,14);1-6H2,(H,9,10)(H,11,12);1-4H2,(H,7,8)(H,9,10);1-2H2,(H,5,6)(H,7,8). The summed E-state index contributed by atoms with van der Waals surface area (Å²) in [6.07, 6.45) is 9.53. The Morgan fingerprint density at radius 1 is 0.205 bits per heavy atom. The van der Waals surface area contributed by atoms with E-state index in [9.17, 15) is 38.4 Å². The highest BCUT2D eigenvalue weighted by Crippen LogP contribution is 2.08. The number of unbranched alkanes of at least 4 members (excludes halogenated alkanes) is 9. The minimum absolute atomic E-state index is 0.0628. The van der Waals surface area contributed by atoms with E-state index in [2.05, 4.69) is 0 Å². The maximum absolute atomic E-state index is 10.1. The number of hydrogen-bond donors (Lipinski definition) is 8. The molecule has 0 unspecified atom stereocenters. The zero-order chi connectivity index (χ0) is 34.8. The second-order valence-electron chi connectivity index (χ2n) is 9.39. The van der Waals surface area contributed by atoms with Crippen molar-refractivity contribution < 1.29 is 79.2 Å². The van der Waals surface area contributed by atoms with Gasteiger partial charge in [0.25, 0.3) is 0 Å². The molecule has 0 aromatic rings. The molecule has 0 saturated heterocycles. The van der Waals surface area contributed by atoms with Crippen molar-refractivity contribution >= 4 is 47.8 Å². The molecule has 0 aromatic carbocycles. The number of rotatable bonds is 24. The normalized spacial score (nSPS) is 9.45. The minimum Gasteiger partial charge on any atom is -0.481 e. The van der Waals surface area contributed by atoms with Crippen LogP contribution in [0.3, 0.4) is 0 Å². The first kappa shape index (κ1) is 46.7. The summed E-state index contributed by atoms with van der Waals surface area (Å²) in [4.78, 5) is 79.5. The van der Waals surface area contributed by atoms with Gasteiger partial charge in [-0.2, -0.15) is 0 Å². The van der Waals surface area contributed by atoms with Gasteiger partial charge in [-0.15, -0.1) is 0 Å². The molecule has 0 saturated carbocycles. The molecule has 0 aliphatic rings. The van der Waals surface area contributed by atoms with Crippen molar-refractivity contribution in [2.24, 2.45) is 0 Å². The van der Waals surface area contributed by atoms with Crippen LogP contribution in [0.4, 0.5) is 0 Å². The third kappa shape index (κ3) is 66.2. The van der Waals surface area contributed by atoms with Crippen LogP contribution < -0.4 is 0 Å². The highest BCUT2D eigenvalue weighted by atomic mass is 16.4. The summed E-state index contributed by atoms with van der Waals surface area (Å²) in [6, 6.07) is 0. The lowest BCUT2D eigenvalue weighted by molar-refractivity contribution is -0.143. The summed E-state index contributed by atoms with van der Waals surface area (Å²) in [5, 5.41) is 65.3. The molecule has 0 spiro atoms. The summed E-state index contributed by atoms with van der Waals surface area (Å²) >= 11 is 0. The van der Waals surface area contributed by atoms with Gasteiger partial charge in [-0.1, -0.05) is 38.5 Å². The van der Waals surface area contributed by atoms with E-state index in [0.29, 0.717) is 25.7 Å². The number of carbonyl (C=O) groups is 8. The fourth-order valence-electron chi connectivity index (χ4n) is 2.93. The summed E-state index contributed by atoms with van der Waals surface area (Å²) in [7, 11) is 0. The molecular weight excluding hydrogens is 592 g/mol. The lowest BCUT2D eigenvalue weighted by atomic mass is 10.1.